The van der Waals surface area contributed by atoms with Gasteiger partial charge in [-0.1, -0.05) is 15.5 Å². The number of pyridine rings is 2. The van der Waals surface area contributed by atoms with Gasteiger partial charge in [0, 0.05) is 34.2 Å². The zero-order chi connectivity index (χ0) is 22.9. The first-order chi connectivity index (χ1) is 16.0. The molecule has 10 nitrogen and oxygen atoms in total. The lowest BCUT2D eigenvalue weighted by Crippen LogP contribution is -2.31. The Morgan fingerprint density at radius 3 is 2.27 bits per heavy atom. The molecule has 0 radical (unpaired) electrons. The van der Waals surface area contributed by atoms with Crippen LogP contribution in [0.2, 0.25) is 0 Å². The average Bonchev–Trinajstić information content (AvgIpc) is 3.55. The fraction of sp³-hybridized carbons (Fsp3) is 0.333. The summed E-state index contributed by atoms with van der Waals surface area (Å²) in [5.74, 6) is 0. The van der Waals surface area contributed by atoms with Gasteiger partial charge in [-0.05, 0) is 63.0 Å². The van der Waals surface area contributed by atoms with Crippen molar-refractivity contribution in [1.82, 2.24) is 25.0 Å². The van der Waals surface area contributed by atoms with Crippen molar-refractivity contribution in [3.63, 3.8) is 0 Å². The minimum atomic E-state index is -0.466. The summed E-state index contributed by atoms with van der Waals surface area (Å²) < 4.78 is 3.59. The van der Waals surface area contributed by atoms with Crippen LogP contribution in [0.3, 0.4) is 0 Å². The summed E-state index contributed by atoms with van der Waals surface area (Å²) in [6.45, 7) is 2.34. The lowest BCUT2D eigenvalue weighted by Gasteiger charge is -2.20. The smallest absolute Gasteiger partial charge is 0.154 e. The van der Waals surface area contributed by atoms with Crippen molar-refractivity contribution in [3.05, 3.63) is 68.4 Å². The summed E-state index contributed by atoms with van der Waals surface area (Å²) >= 11 is 6.79. The highest BCUT2D eigenvalue weighted by atomic mass is 79.9. The second kappa shape index (κ2) is 9.27. The van der Waals surface area contributed by atoms with Gasteiger partial charge >= 0.3 is 0 Å². The molecule has 0 fully saturated rings. The van der Waals surface area contributed by atoms with E-state index in [1.807, 2.05) is 31.2 Å². The molecule has 3 unspecified atom stereocenters. The number of nitrogens with zero attached hydrogens (tertiary/aromatic N) is 7. The van der Waals surface area contributed by atoms with Crippen molar-refractivity contribution < 1.29 is 9.68 Å². The third-order valence-corrected chi connectivity index (χ3v) is 6.45. The summed E-state index contributed by atoms with van der Waals surface area (Å²) in [4.78, 5) is 20.1. The Kier molecular flexibility index (Phi) is 6.21. The van der Waals surface area contributed by atoms with Crippen LogP contribution in [0.5, 0.6) is 0 Å². The molecule has 0 spiro atoms. The zero-order valence-corrected chi connectivity index (χ0v) is 20.8. The standard InChI is InChI=1S/C21H20Br2N8O2/c1-11-21(20(24)19-7-18(29-33-19)16-5-3-13(23)9-26-16)31(30-27-11)10-14-6-17(28-32-14)15-4-2-12(22)8-25-15/h2-5,8-9,14,19-20H,6-7,10,24H2,1H3. The maximum absolute atomic E-state index is 6.61. The molecule has 2 aliphatic heterocycles. The highest BCUT2D eigenvalue weighted by Gasteiger charge is 2.34. The van der Waals surface area contributed by atoms with Crippen LogP contribution in [0.4, 0.5) is 0 Å². The Morgan fingerprint density at radius 1 is 1.00 bits per heavy atom. The number of rotatable bonds is 6. The lowest BCUT2D eigenvalue weighted by atomic mass is 10.0. The van der Waals surface area contributed by atoms with Crippen LogP contribution in [-0.2, 0) is 16.2 Å². The molecule has 0 aliphatic carbocycles. The summed E-state index contributed by atoms with van der Waals surface area (Å²) in [6.07, 6.45) is 4.10. The normalized spacial score (nSPS) is 20.7. The van der Waals surface area contributed by atoms with Gasteiger partial charge < -0.3 is 15.4 Å². The summed E-state index contributed by atoms with van der Waals surface area (Å²) in [5, 5.41) is 17.0. The van der Waals surface area contributed by atoms with Gasteiger partial charge in [-0.25, -0.2) is 4.68 Å². The first-order valence-electron chi connectivity index (χ1n) is 10.3. The maximum Gasteiger partial charge on any atom is 0.154 e. The van der Waals surface area contributed by atoms with Crippen LogP contribution in [0, 0.1) is 6.92 Å². The molecular weight excluding hydrogens is 556 g/mol. The predicted molar refractivity (Wildman–Crippen MR) is 128 cm³/mol. The van der Waals surface area contributed by atoms with Gasteiger partial charge in [-0.3, -0.25) is 9.97 Å². The highest BCUT2D eigenvalue weighted by Crippen LogP contribution is 2.28. The summed E-state index contributed by atoms with van der Waals surface area (Å²) in [6, 6.07) is 7.18. The second-order valence-electron chi connectivity index (χ2n) is 7.85. The third-order valence-electron chi connectivity index (χ3n) is 5.52. The van der Waals surface area contributed by atoms with E-state index in [4.69, 9.17) is 15.4 Å². The molecule has 3 aromatic rings. The van der Waals surface area contributed by atoms with Gasteiger partial charge in [-0.15, -0.1) is 5.10 Å². The molecule has 0 saturated heterocycles. The molecule has 2 N–H and O–H groups in total. The van der Waals surface area contributed by atoms with E-state index in [2.05, 4.69) is 62.5 Å². The topological polar surface area (TPSA) is 126 Å². The third kappa shape index (κ3) is 4.68. The fourth-order valence-electron chi connectivity index (χ4n) is 3.84. The van der Waals surface area contributed by atoms with Crippen molar-refractivity contribution in [2.45, 2.75) is 44.6 Å². The number of hydrogen-bond acceptors (Lipinski definition) is 9. The van der Waals surface area contributed by atoms with Crippen LogP contribution >= 0.6 is 31.9 Å². The molecule has 5 rings (SSSR count). The van der Waals surface area contributed by atoms with Crippen molar-refractivity contribution >= 4 is 43.3 Å². The quantitative estimate of drug-likeness (QED) is 0.478. The summed E-state index contributed by atoms with van der Waals surface area (Å²) in [5.41, 5.74) is 11.3. The molecule has 0 aromatic carbocycles. The molecule has 33 heavy (non-hydrogen) atoms. The molecule has 5 heterocycles. The van der Waals surface area contributed by atoms with Gasteiger partial charge in [0.15, 0.2) is 12.2 Å². The second-order valence-corrected chi connectivity index (χ2v) is 9.68. The van der Waals surface area contributed by atoms with Crippen molar-refractivity contribution in [2.24, 2.45) is 16.0 Å². The van der Waals surface area contributed by atoms with Crippen LogP contribution < -0.4 is 5.73 Å². The monoisotopic (exact) mass is 574 g/mol. The molecule has 12 heteroatoms. The van der Waals surface area contributed by atoms with Crippen LogP contribution in [0.25, 0.3) is 0 Å². The first kappa shape index (κ1) is 22.1. The Labute approximate surface area is 206 Å². The SMILES string of the molecule is Cc1nnn(CC2CC(c3ccc(Br)cn3)=NO2)c1C(N)C1CC(c2ccc(Br)cn2)=NO1. The van der Waals surface area contributed by atoms with Gasteiger partial charge in [-0.2, -0.15) is 0 Å². The predicted octanol–water partition coefficient (Wildman–Crippen LogP) is 3.29. The number of hydrogen-bond donors (Lipinski definition) is 1. The van der Waals surface area contributed by atoms with Gasteiger partial charge in [0.05, 0.1) is 35.4 Å². The van der Waals surface area contributed by atoms with Crippen LogP contribution in [0.1, 0.15) is 41.7 Å². The number of halogens is 2. The first-order valence-corrected chi connectivity index (χ1v) is 11.9. The Hall–Kier alpha value is -2.70. The van der Waals surface area contributed by atoms with E-state index in [9.17, 15) is 0 Å². The molecule has 0 saturated carbocycles. The minimum Gasteiger partial charge on any atom is -0.390 e. The summed E-state index contributed by atoms with van der Waals surface area (Å²) in [7, 11) is 0. The van der Waals surface area contributed by atoms with Crippen molar-refractivity contribution in [2.75, 3.05) is 0 Å². The maximum atomic E-state index is 6.61. The largest absolute Gasteiger partial charge is 0.390 e. The van der Waals surface area contributed by atoms with E-state index < -0.39 is 6.04 Å². The average molecular weight is 576 g/mol. The van der Waals surface area contributed by atoms with E-state index in [-0.39, 0.29) is 12.2 Å². The van der Waals surface area contributed by atoms with Gasteiger partial charge in [0.1, 0.15) is 11.4 Å². The number of oxime groups is 2. The van der Waals surface area contributed by atoms with Crippen LogP contribution in [0.15, 0.2) is 55.9 Å². The van der Waals surface area contributed by atoms with E-state index in [1.54, 1.807) is 17.1 Å². The fourth-order valence-corrected chi connectivity index (χ4v) is 4.30. The Morgan fingerprint density at radius 2 is 1.64 bits per heavy atom. The lowest BCUT2D eigenvalue weighted by molar-refractivity contribution is 0.0558. The Bertz CT molecular complexity index is 1210. The molecule has 2 aliphatic rings. The molecule has 3 atom stereocenters. The number of aromatic nitrogens is 5. The highest BCUT2D eigenvalue weighted by molar-refractivity contribution is 9.10. The van der Waals surface area contributed by atoms with Crippen molar-refractivity contribution in [1.29, 1.82) is 0 Å². The van der Waals surface area contributed by atoms with E-state index in [0.29, 0.717) is 19.4 Å². The van der Waals surface area contributed by atoms with Gasteiger partial charge in [0.2, 0.25) is 0 Å². The molecule has 170 valence electrons. The minimum absolute atomic E-state index is 0.194. The molecule has 0 amide bonds. The molecule has 3 aromatic heterocycles. The number of nitrogens with two attached hydrogens (primary N) is 1. The Balaban J connectivity index is 1.25. The van der Waals surface area contributed by atoms with Gasteiger partial charge in [0.25, 0.3) is 0 Å². The molecular formula is C21H20Br2N8O2. The van der Waals surface area contributed by atoms with E-state index >= 15 is 0 Å². The van der Waals surface area contributed by atoms with E-state index in [1.165, 1.54) is 0 Å². The number of aryl methyl sites for hydroxylation is 1. The van der Waals surface area contributed by atoms with Crippen molar-refractivity contribution in [3.8, 4) is 0 Å². The van der Waals surface area contributed by atoms with E-state index in [0.717, 1.165) is 43.1 Å². The zero-order valence-electron chi connectivity index (χ0n) is 17.6. The van der Waals surface area contributed by atoms with Crippen LogP contribution in [-0.4, -0.2) is 48.6 Å². The molecule has 0 bridgehead atoms.